The number of amides is 2. The number of hydrogen-bond donors (Lipinski definition) is 1. The van der Waals surface area contributed by atoms with Crippen LogP contribution in [0.1, 0.15) is 26.2 Å². The molecule has 0 unspecified atom stereocenters. The standard InChI is InChI=1S/C21H24FN5O3/c1-14(28)26-9-6-16(7-10-26)24-20-23-13-18(22)19(25-20)15-4-2-5-17(12-15)27-8-3-11-30-21(27)29/h2,4-5,12-13,16H,3,6-11H2,1H3,(H,23,24,25). The summed E-state index contributed by atoms with van der Waals surface area (Å²) in [4.78, 5) is 35.3. The van der Waals surface area contributed by atoms with Crippen molar-refractivity contribution in [2.75, 3.05) is 36.5 Å². The molecular weight excluding hydrogens is 389 g/mol. The number of likely N-dealkylation sites (tertiary alicyclic amines) is 1. The molecular formula is C21H24FN5O3. The summed E-state index contributed by atoms with van der Waals surface area (Å²) in [6.45, 7) is 3.89. The molecule has 2 aliphatic rings. The molecule has 0 bridgehead atoms. The van der Waals surface area contributed by atoms with Crippen LogP contribution in [-0.2, 0) is 9.53 Å². The number of nitrogens with one attached hydrogen (secondary N) is 1. The quantitative estimate of drug-likeness (QED) is 0.829. The molecule has 4 rings (SSSR count). The Morgan fingerprint density at radius 2 is 2.07 bits per heavy atom. The van der Waals surface area contributed by atoms with Crippen molar-refractivity contribution in [3.8, 4) is 11.3 Å². The Morgan fingerprint density at radius 1 is 1.27 bits per heavy atom. The molecule has 2 aromatic rings. The van der Waals surface area contributed by atoms with E-state index in [0.29, 0.717) is 43.4 Å². The van der Waals surface area contributed by atoms with Crippen LogP contribution >= 0.6 is 0 Å². The number of halogens is 1. The summed E-state index contributed by atoms with van der Waals surface area (Å²) >= 11 is 0. The lowest BCUT2D eigenvalue weighted by atomic mass is 10.1. The van der Waals surface area contributed by atoms with Gasteiger partial charge in [-0.15, -0.1) is 0 Å². The van der Waals surface area contributed by atoms with Crippen molar-refractivity contribution in [2.24, 2.45) is 0 Å². The van der Waals surface area contributed by atoms with Crippen molar-refractivity contribution in [2.45, 2.75) is 32.2 Å². The summed E-state index contributed by atoms with van der Waals surface area (Å²) in [5.74, 6) is -0.119. The number of carbonyl (C=O) groups is 2. The molecule has 1 N–H and O–H groups in total. The van der Waals surface area contributed by atoms with Gasteiger partial charge in [0, 0.05) is 43.9 Å². The minimum Gasteiger partial charge on any atom is -0.449 e. The van der Waals surface area contributed by atoms with Gasteiger partial charge >= 0.3 is 6.09 Å². The van der Waals surface area contributed by atoms with E-state index in [9.17, 15) is 14.0 Å². The number of piperidine rings is 1. The monoisotopic (exact) mass is 413 g/mol. The van der Waals surface area contributed by atoms with Gasteiger partial charge in [-0.2, -0.15) is 0 Å². The topological polar surface area (TPSA) is 87.7 Å². The zero-order chi connectivity index (χ0) is 21.1. The van der Waals surface area contributed by atoms with Crippen LogP contribution in [0.25, 0.3) is 11.3 Å². The number of anilines is 2. The molecule has 2 amide bonds. The third kappa shape index (κ3) is 4.34. The van der Waals surface area contributed by atoms with E-state index in [-0.39, 0.29) is 17.6 Å². The molecule has 1 aromatic carbocycles. The predicted octanol–water partition coefficient (Wildman–Crippen LogP) is 3.05. The average Bonchev–Trinajstić information content (AvgIpc) is 2.76. The van der Waals surface area contributed by atoms with Crippen LogP contribution in [0.15, 0.2) is 30.5 Å². The van der Waals surface area contributed by atoms with Crippen LogP contribution < -0.4 is 10.2 Å². The number of aromatic nitrogens is 2. The van der Waals surface area contributed by atoms with Gasteiger partial charge in [0.05, 0.1) is 12.8 Å². The SMILES string of the molecule is CC(=O)N1CCC(Nc2ncc(F)c(-c3cccc(N4CCCOC4=O)c3)n2)CC1. The molecule has 8 nitrogen and oxygen atoms in total. The zero-order valence-electron chi connectivity index (χ0n) is 16.8. The van der Waals surface area contributed by atoms with Gasteiger partial charge in [-0.05, 0) is 31.4 Å². The van der Waals surface area contributed by atoms with Crippen LogP contribution in [0, 0.1) is 5.82 Å². The highest BCUT2D eigenvalue weighted by molar-refractivity contribution is 5.89. The van der Waals surface area contributed by atoms with Crippen molar-refractivity contribution < 1.29 is 18.7 Å². The van der Waals surface area contributed by atoms with Crippen LogP contribution in [-0.4, -0.2) is 59.2 Å². The second-order valence-electron chi connectivity index (χ2n) is 7.48. The number of nitrogens with zero attached hydrogens (tertiary/aromatic N) is 4. The summed E-state index contributed by atoms with van der Waals surface area (Å²) in [5.41, 5.74) is 1.36. The first-order chi connectivity index (χ1) is 14.5. The number of hydrogen-bond acceptors (Lipinski definition) is 6. The predicted molar refractivity (Wildman–Crippen MR) is 110 cm³/mol. The summed E-state index contributed by atoms with van der Waals surface area (Å²) < 4.78 is 19.6. The van der Waals surface area contributed by atoms with Crippen molar-refractivity contribution in [1.82, 2.24) is 14.9 Å². The summed E-state index contributed by atoms with van der Waals surface area (Å²) in [5, 5.41) is 3.25. The molecule has 2 aliphatic heterocycles. The van der Waals surface area contributed by atoms with E-state index in [1.165, 1.54) is 4.90 Å². The fourth-order valence-electron chi connectivity index (χ4n) is 3.77. The average molecular weight is 413 g/mol. The van der Waals surface area contributed by atoms with E-state index in [1.54, 1.807) is 31.2 Å². The van der Waals surface area contributed by atoms with Crippen molar-refractivity contribution in [1.29, 1.82) is 0 Å². The van der Waals surface area contributed by atoms with Gasteiger partial charge in [0.15, 0.2) is 5.82 Å². The molecule has 0 atom stereocenters. The van der Waals surface area contributed by atoms with E-state index in [2.05, 4.69) is 15.3 Å². The number of benzene rings is 1. The smallest absolute Gasteiger partial charge is 0.414 e. The number of ether oxygens (including phenoxy) is 1. The Morgan fingerprint density at radius 3 is 2.80 bits per heavy atom. The number of cyclic esters (lactones) is 1. The van der Waals surface area contributed by atoms with E-state index >= 15 is 0 Å². The highest BCUT2D eigenvalue weighted by Crippen LogP contribution is 2.27. The van der Waals surface area contributed by atoms with Gasteiger partial charge in [-0.25, -0.2) is 19.2 Å². The first kappa shape index (κ1) is 20.1. The van der Waals surface area contributed by atoms with Crippen LogP contribution in [0.3, 0.4) is 0 Å². The van der Waals surface area contributed by atoms with Crippen LogP contribution in [0.4, 0.5) is 20.8 Å². The maximum Gasteiger partial charge on any atom is 0.414 e. The molecule has 0 aliphatic carbocycles. The molecule has 0 spiro atoms. The lowest BCUT2D eigenvalue weighted by Gasteiger charge is -2.31. The highest BCUT2D eigenvalue weighted by atomic mass is 19.1. The minimum atomic E-state index is -0.537. The van der Waals surface area contributed by atoms with Crippen LogP contribution in [0.2, 0.25) is 0 Å². The largest absolute Gasteiger partial charge is 0.449 e. The lowest BCUT2D eigenvalue weighted by Crippen LogP contribution is -2.41. The molecule has 1 aromatic heterocycles. The number of carbonyl (C=O) groups excluding carboxylic acids is 2. The Hall–Kier alpha value is -3.23. The maximum atomic E-state index is 14.5. The Labute approximate surface area is 174 Å². The van der Waals surface area contributed by atoms with Crippen molar-refractivity contribution >= 4 is 23.6 Å². The van der Waals surface area contributed by atoms with Gasteiger partial charge in [-0.1, -0.05) is 12.1 Å². The first-order valence-corrected chi connectivity index (χ1v) is 10.1. The summed E-state index contributed by atoms with van der Waals surface area (Å²) in [6.07, 6.45) is 3.05. The van der Waals surface area contributed by atoms with E-state index in [4.69, 9.17) is 4.74 Å². The molecule has 0 radical (unpaired) electrons. The molecule has 158 valence electrons. The first-order valence-electron chi connectivity index (χ1n) is 10.1. The van der Waals surface area contributed by atoms with Gasteiger partial charge < -0.3 is 15.0 Å². The summed E-state index contributed by atoms with van der Waals surface area (Å²) in [7, 11) is 0. The second-order valence-corrected chi connectivity index (χ2v) is 7.48. The Bertz CT molecular complexity index is 946. The third-order valence-corrected chi connectivity index (χ3v) is 5.42. The molecule has 3 heterocycles. The summed E-state index contributed by atoms with van der Waals surface area (Å²) in [6, 6.07) is 7.15. The molecule has 30 heavy (non-hydrogen) atoms. The van der Waals surface area contributed by atoms with Gasteiger partial charge in [0.1, 0.15) is 5.69 Å². The Kier molecular flexibility index (Phi) is 5.78. The fraction of sp³-hybridized carbons (Fsp3) is 0.429. The molecule has 2 fully saturated rings. The third-order valence-electron chi connectivity index (χ3n) is 5.42. The fourth-order valence-corrected chi connectivity index (χ4v) is 3.77. The van der Waals surface area contributed by atoms with Crippen LogP contribution in [0.5, 0.6) is 0 Å². The lowest BCUT2D eigenvalue weighted by molar-refractivity contribution is -0.129. The molecule has 0 saturated carbocycles. The van der Waals surface area contributed by atoms with E-state index in [0.717, 1.165) is 25.5 Å². The van der Waals surface area contributed by atoms with E-state index in [1.807, 2.05) is 4.90 Å². The minimum absolute atomic E-state index is 0.0752. The maximum absolute atomic E-state index is 14.5. The van der Waals surface area contributed by atoms with E-state index < -0.39 is 11.9 Å². The zero-order valence-corrected chi connectivity index (χ0v) is 16.8. The van der Waals surface area contributed by atoms with Gasteiger partial charge in [-0.3, -0.25) is 9.69 Å². The highest BCUT2D eigenvalue weighted by Gasteiger charge is 2.23. The molecule has 9 heteroatoms. The Balaban J connectivity index is 1.52. The van der Waals surface area contributed by atoms with Crippen molar-refractivity contribution in [3.05, 3.63) is 36.3 Å². The van der Waals surface area contributed by atoms with Gasteiger partial charge in [0.2, 0.25) is 11.9 Å². The number of rotatable bonds is 4. The van der Waals surface area contributed by atoms with Gasteiger partial charge in [0.25, 0.3) is 0 Å². The molecule has 2 saturated heterocycles. The second kappa shape index (κ2) is 8.64. The van der Waals surface area contributed by atoms with Crippen molar-refractivity contribution in [3.63, 3.8) is 0 Å². The normalized spacial score (nSPS) is 17.6.